The molecule has 1 fully saturated rings. The molecule has 132 valence electrons. The second-order valence-electron chi connectivity index (χ2n) is 6.41. The van der Waals surface area contributed by atoms with Gasteiger partial charge in [-0.1, -0.05) is 24.3 Å². The van der Waals surface area contributed by atoms with Gasteiger partial charge in [-0.15, -0.1) is 10.2 Å². The number of rotatable bonds is 6. The highest BCUT2D eigenvalue weighted by atomic mass is 16.5. The number of para-hydroxylation sites is 1. The summed E-state index contributed by atoms with van der Waals surface area (Å²) in [5, 5.41) is 10.8. The van der Waals surface area contributed by atoms with Crippen LogP contribution < -0.4 is 10.1 Å². The lowest BCUT2D eigenvalue weighted by atomic mass is 10.2. The van der Waals surface area contributed by atoms with E-state index in [2.05, 4.69) is 15.5 Å². The summed E-state index contributed by atoms with van der Waals surface area (Å²) in [6, 6.07) is 14.8. The highest BCUT2D eigenvalue weighted by Crippen LogP contribution is 2.39. The molecule has 6 nitrogen and oxygen atoms in total. The molecule has 0 unspecified atom stereocenters. The van der Waals surface area contributed by atoms with Gasteiger partial charge in [-0.2, -0.15) is 0 Å². The van der Waals surface area contributed by atoms with Crippen molar-refractivity contribution in [3.8, 4) is 11.5 Å². The molecular formula is C20H19N3O3. The average Bonchev–Trinajstić information content (AvgIpc) is 3.39. The van der Waals surface area contributed by atoms with Gasteiger partial charge in [0, 0.05) is 5.92 Å². The quantitative estimate of drug-likeness (QED) is 0.728. The van der Waals surface area contributed by atoms with Gasteiger partial charge in [0.25, 0.3) is 5.91 Å². The third kappa shape index (κ3) is 3.74. The Labute approximate surface area is 151 Å². The zero-order chi connectivity index (χ0) is 17.9. The topological polar surface area (TPSA) is 77.2 Å². The van der Waals surface area contributed by atoms with E-state index in [1.54, 1.807) is 18.2 Å². The van der Waals surface area contributed by atoms with Crippen LogP contribution in [0.2, 0.25) is 0 Å². The minimum Gasteiger partial charge on any atom is -0.457 e. The van der Waals surface area contributed by atoms with E-state index in [0.717, 1.165) is 18.4 Å². The molecule has 0 spiro atoms. The molecule has 1 amide bonds. The average molecular weight is 349 g/mol. The predicted octanol–water partition coefficient (Wildman–Crippen LogP) is 3.98. The van der Waals surface area contributed by atoms with Crippen LogP contribution in [0.1, 0.15) is 46.5 Å². The minimum atomic E-state index is -0.251. The first kappa shape index (κ1) is 16.3. The second kappa shape index (κ2) is 7.00. The number of ether oxygens (including phenoxy) is 1. The first-order chi connectivity index (χ1) is 12.7. The minimum absolute atomic E-state index is 0.192. The summed E-state index contributed by atoms with van der Waals surface area (Å²) in [7, 11) is 0. The van der Waals surface area contributed by atoms with Crippen molar-refractivity contribution in [2.75, 3.05) is 0 Å². The summed E-state index contributed by atoms with van der Waals surface area (Å²) in [5.41, 5.74) is 1.54. The number of aryl methyl sites for hydroxylation is 1. The number of amides is 1. The van der Waals surface area contributed by atoms with Gasteiger partial charge < -0.3 is 14.5 Å². The van der Waals surface area contributed by atoms with Crippen LogP contribution in [-0.4, -0.2) is 16.1 Å². The third-order valence-electron chi connectivity index (χ3n) is 4.16. The van der Waals surface area contributed by atoms with Crippen molar-refractivity contribution in [3.63, 3.8) is 0 Å². The maximum atomic E-state index is 12.6. The monoisotopic (exact) mass is 349 g/mol. The van der Waals surface area contributed by atoms with Gasteiger partial charge in [0.1, 0.15) is 11.5 Å². The van der Waals surface area contributed by atoms with E-state index in [-0.39, 0.29) is 12.5 Å². The molecule has 4 rings (SSSR count). The Morgan fingerprint density at radius 1 is 1.19 bits per heavy atom. The van der Waals surface area contributed by atoms with Crippen LogP contribution in [0.25, 0.3) is 0 Å². The fourth-order valence-electron chi connectivity index (χ4n) is 2.63. The van der Waals surface area contributed by atoms with Gasteiger partial charge in [-0.3, -0.25) is 4.79 Å². The highest BCUT2D eigenvalue weighted by molar-refractivity contribution is 5.96. The normalized spacial score (nSPS) is 13.4. The van der Waals surface area contributed by atoms with Crippen LogP contribution in [-0.2, 0) is 6.54 Å². The number of hydrogen-bond acceptors (Lipinski definition) is 5. The van der Waals surface area contributed by atoms with E-state index in [1.807, 2.05) is 37.3 Å². The largest absolute Gasteiger partial charge is 0.457 e. The van der Waals surface area contributed by atoms with Crippen molar-refractivity contribution in [2.24, 2.45) is 0 Å². The second-order valence-corrected chi connectivity index (χ2v) is 6.41. The Balaban J connectivity index is 1.45. The SMILES string of the molecule is Cc1cccc(Oc2ccccc2C(=O)NCc2nnc(C3CC3)o2)c1. The number of benzene rings is 2. The van der Waals surface area contributed by atoms with Gasteiger partial charge >= 0.3 is 0 Å². The molecule has 0 aliphatic heterocycles. The molecular weight excluding hydrogens is 330 g/mol. The lowest BCUT2D eigenvalue weighted by Crippen LogP contribution is -2.23. The first-order valence-corrected chi connectivity index (χ1v) is 8.63. The smallest absolute Gasteiger partial charge is 0.255 e. The van der Waals surface area contributed by atoms with Gasteiger partial charge in [-0.05, 0) is 49.6 Å². The first-order valence-electron chi connectivity index (χ1n) is 8.63. The van der Waals surface area contributed by atoms with E-state index >= 15 is 0 Å². The lowest BCUT2D eigenvalue weighted by molar-refractivity contribution is 0.0944. The summed E-state index contributed by atoms with van der Waals surface area (Å²) >= 11 is 0. The van der Waals surface area contributed by atoms with E-state index in [9.17, 15) is 4.79 Å². The Morgan fingerprint density at radius 3 is 2.85 bits per heavy atom. The zero-order valence-electron chi connectivity index (χ0n) is 14.4. The van der Waals surface area contributed by atoms with Gasteiger partial charge in [0.15, 0.2) is 0 Å². The molecule has 2 aromatic carbocycles. The molecule has 3 aromatic rings. The van der Waals surface area contributed by atoms with Gasteiger partial charge in [0.05, 0.1) is 12.1 Å². The Kier molecular flexibility index (Phi) is 4.39. The van der Waals surface area contributed by atoms with Gasteiger partial charge in [0.2, 0.25) is 11.8 Å². The molecule has 1 aromatic heterocycles. The molecule has 1 N–H and O–H groups in total. The van der Waals surface area contributed by atoms with E-state index in [0.29, 0.717) is 34.8 Å². The number of nitrogens with zero attached hydrogens (tertiary/aromatic N) is 2. The maximum absolute atomic E-state index is 12.6. The molecule has 0 bridgehead atoms. The van der Waals surface area contributed by atoms with Crippen LogP contribution in [0.3, 0.4) is 0 Å². The molecule has 1 aliphatic rings. The van der Waals surface area contributed by atoms with Crippen molar-refractivity contribution < 1.29 is 13.9 Å². The maximum Gasteiger partial charge on any atom is 0.255 e. The molecule has 26 heavy (non-hydrogen) atoms. The Hall–Kier alpha value is -3.15. The van der Waals surface area contributed by atoms with E-state index in [1.165, 1.54) is 0 Å². The lowest BCUT2D eigenvalue weighted by Gasteiger charge is -2.11. The van der Waals surface area contributed by atoms with E-state index in [4.69, 9.17) is 9.15 Å². The summed E-state index contributed by atoms with van der Waals surface area (Å²) < 4.78 is 11.5. The molecule has 6 heteroatoms. The molecule has 1 saturated carbocycles. The summed E-state index contributed by atoms with van der Waals surface area (Å²) in [6.07, 6.45) is 2.19. The Bertz CT molecular complexity index is 931. The van der Waals surface area contributed by atoms with E-state index < -0.39 is 0 Å². The van der Waals surface area contributed by atoms with Crippen molar-refractivity contribution in [2.45, 2.75) is 32.2 Å². The molecule has 0 radical (unpaired) electrons. The Morgan fingerprint density at radius 2 is 2.04 bits per heavy atom. The van der Waals surface area contributed by atoms with Crippen LogP contribution in [0, 0.1) is 6.92 Å². The predicted molar refractivity (Wildman–Crippen MR) is 95.1 cm³/mol. The summed E-state index contributed by atoms with van der Waals surface area (Å²) in [5.74, 6) is 2.42. The highest BCUT2D eigenvalue weighted by Gasteiger charge is 2.29. The fourth-order valence-corrected chi connectivity index (χ4v) is 2.63. The summed E-state index contributed by atoms with van der Waals surface area (Å²) in [4.78, 5) is 12.6. The standard InChI is InChI=1S/C20H19N3O3/c1-13-5-4-6-15(11-13)25-17-8-3-2-7-16(17)19(24)21-12-18-22-23-20(26-18)14-9-10-14/h2-8,11,14H,9-10,12H2,1H3,(H,21,24). The summed E-state index contributed by atoms with van der Waals surface area (Å²) in [6.45, 7) is 2.18. The molecule has 0 atom stereocenters. The number of nitrogens with one attached hydrogen (secondary N) is 1. The fraction of sp³-hybridized carbons (Fsp3) is 0.250. The van der Waals surface area contributed by atoms with Crippen molar-refractivity contribution in [1.82, 2.24) is 15.5 Å². The molecule has 1 aliphatic carbocycles. The van der Waals surface area contributed by atoms with Crippen LogP contribution >= 0.6 is 0 Å². The number of carbonyl (C=O) groups excluding carboxylic acids is 1. The van der Waals surface area contributed by atoms with Crippen LogP contribution in [0.5, 0.6) is 11.5 Å². The zero-order valence-corrected chi connectivity index (χ0v) is 14.4. The number of aromatic nitrogens is 2. The number of carbonyl (C=O) groups is 1. The van der Waals surface area contributed by atoms with Gasteiger partial charge in [-0.25, -0.2) is 0 Å². The molecule has 1 heterocycles. The molecule has 0 saturated heterocycles. The van der Waals surface area contributed by atoms with Crippen molar-refractivity contribution in [3.05, 3.63) is 71.4 Å². The van der Waals surface area contributed by atoms with Crippen LogP contribution in [0.4, 0.5) is 0 Å². The van der Waals surface area contributed by atoms with Crippen molar-refractivity contribution in [1.29, 1.82) is 0 Å². The van der Waals surface area contributed by atoms with Crippen LogP contribution in [0.15, 0.2) is 52.9 Å². The van der Waals surface area contributed by atoms with Crippen molar-refractivity contribution >= 4 is 5.91 Å². The third-order valence-corrected chi connectivity index (χ3v) is 4.16. The number of hydrogen-bond donors (Lipinski definition) is 1.